The number of halogens is 1. The Labute approximate surface area is 159 Å². The van der Waals surface area contributed by atoms with Gasteiger partial charge < -0.3 is 15.1 Å². The van der Waals surface area contributed by atoms with E-state index in [0.29, 0.717) is 16.5 Å². The number of carbonyl (C=O) groups excluding carboxylic acids is 1. The number of hydrogen-bond acceptors (Lipinski definition) is 5. The molecule has 26 heavy (non-hydrogen) atoms. The number of aromatic nitrogens is 2. The van der Waals surface area contributed by atoms with Crippen molar-refractivity contribution in [2.75, 3.05) is 42.3 Å². The maximum atomic E-state index is 12.4. The van der Waals surface area contributed by atoms with Crippen molar-refractivity contribution in [3.63, 3.8) is 0 Å². The molecule has 3 rings (SSSR count). The van der Waals surface area contributed by atoms with Crippen molar-refractivity contribution in [1.82, 2.24) is 9.97 Å². The predicted molar refractivity (Wildman–Crippen MR) is 106 cm³/mol. The fraction of sp³-hybridized carbons (Fsp3) is 0.421. The highest BCUT2D eigenvalue weighted by molar-refractivity contribution is 6.30. The van der Waals surface area contributed by atoms with Gasteiger partial charge in [0.15, 0.2) is 5.82 Å². The molecule has 0 saturated carbocycles. The van der Waals surface area contributed by atoms with Crippen LogP contribution in [0.4, 0.5) is 17.5 Å². The number of amides is 1. The van der Waals surface area contributed by atoms with Crippen molar-refractivity contribution >= 4 is 35.0 Å². The zero-order chi connectivity index (χ0) is 18.5. The van der Waals surface area contributed by atoms with Gasteiger partial charge in [-0.1, -0.05) is 23.7 Å². The minimum Gasteiger partial charge on any atom is -0.361 e. The molecule has 2 heterocycles. The first-order valence-electron chi connectivity index (χ1n) is 8.86. The van der Waals surface area contributed by atoms with Crippen LogP contribution in [-0.2, 0) is 11.2 Å². The molecule has 0 radical (unpaired) electrons. The lowest BCUT2D eigenvalue weighted by molar-refractivity contribution is -0.115. The Hall–Kier alpha value is -2.34. The number of nitrogens with zero attached hydrogens (tertiary/aromatic N) is 4. The van der Waals surface area contributed by atoms with Crippen LogP contribution in [0, 0.1) is 0 Å². The zero-order valence-corrected chi connectivity index (χ0v) is 16.0. The van der Waals surface area contributed by atoms with Crippen molar-refractivity contribution in [2.24, 2.45) is 0 Å². The Balaban J connectivity index is 1.73. The number of hydrogen-bond donors (Lipinski definition) is 1. The molecule has 1 amide bonds. The molecule has 2 aromatic rings. The highest BCUT2D eigenvalue weighted by Gasteiger charge is 2.17. The Morgan fingerprint density at radius 1 is 1.19 bits per heavy atom. The zero-order valence-electron chi connectivity index (χ0n) is 15.2. The van der Waals surface area contributed by atoms with E-state index in [0.717, 1.165) is 24.6 Å². The Bertz CT molecular complexity index is 757. The number of anilines is 3. The lowest BCUT2D eigenvalue weighted by Crippen LogP contribution is -2.31. The Kier molecular flexibility index (Phi) is 5.93. The highest BCUT2D eigenvalue weighted by atomic mass is 35.5. The maximum absolute atomic E-state index is 12.4. The third-order valence-electron chi connectivity index (χ3n) is 4.37. The highest BCUT2D eigenvalue weighted by Crippen LogP contribution is 2.25. The molecule has 7 heteroatoms. The topological polar surface area (TPSA) is 61.4 Å². The van der Waals surface area contributed by atoms with E-state index in [9.17, 15) is 4.79 Å². The fourth-order valence-electron chi connectivity index (χ4n) is 3.02. The SMILES string of the molecule is CN(C)c1nc(N2CCCCC2)ncc1NC(=O)Cc1ccc(Cl)cc1. The molecule has 0 spiro atoms. The second-order valence-corrected chi connectivity index (χ2v) is 7.14. The minimum absolute atomic E-state index is 0.107. The quantitative estimate of drug-likeness (QED) is 0.870. The average molecular weight is 374 g/mol. The smallest absolute Gasteiger partial charge is 0.228 e. The predicted octanol–water partition coefficient (Wildman–Crippen LogP) is 3.37. The molecule has 0 atom stereocenters. The minimum atomic E-state index is -0.107. The maximum Gasteiger partial charge on any atom is 0.228 e. The van der Waals surface area contributed by atoms with Crippen LogP contribution in [-0.4, -0.2) is 43.1 Å². The monoisotopic (exact) mass is 373 g/mol. The molecule has 0 unspecified atom stereocenters. The van der Waals surface area contributed by atoms with Crippen molar-refractivity contribution in [1.29, 1.82) is 0 Å². The van der Waals surface area contributed by atoms with Gasteiger partial charge in [-0.3, -0.25) is 4.79 Å². The molecule has 1 aliphatic rings. The summed E-state index contributed by atoms with van der Waals surface area (Å²) in [5, 5.41) is 3.59. The summed E-state index contributed by atoms with van der Waals surface area (Å²) >= 11 is 5.89. The third kappa shape index (κ3) is 4.64. The number of rotatable bonds is 5. The second-order valence-electron chi connectivity index (χ2n) is 6.70. The van der Waals surface area contributed by atoms with Gasteiger partial charge in [0.1, 0.15) is 5.69 Å². The van der Waals surface area contributed by atoms with Gasteiger partial charge in [0.25, 0.3) is 0 Å². The van der Waals surface area contributed by atoms with Crippen molar-refractivity contribution in [2.45, 2.75) is 25.7 Å². The summed E-state index contributed by atoms with van der Waals surface area (Å²) in [6.45, 7) is 1.96. The fourth-order valence-corrected chi connectivity index (χ4v) is 3.15. The molecule has 1 N–H and O–H groups in total. The van der Waals surface area contributed by atoms with Crippen LogP contribution < -0.4 is 15.1 Å². The molecule has 1 aromatic carbocycles. The van der Waals surface area contributed by atoms with Crippen LogP contribution in [0.5, 0.6) is 0 Å². The van der Waals surface area contributed by atoms with Gasteiger partial charge in [-0.2, -0.15) is 4.98 Å². The van der Waals surface area contributed by atoms with E-state index in [1.54, 1.807) is 18.3 Å². The van der Waals surface area contributed by atoms with E-state index in [2.05, 4.69) is 20.2 Å². The summed E-state index contributed by atoms with van der Waals surface area (Å²) < 4.78 is 0. The van der Waals surface area contributed by atoms with Gasteiger partial charge in [-0.15, -0.1) is 0 Å². The normalized spacial score (nSPS) is 14.2. The summed E-state index contributed by atoms with van der Waals surface area (Å²) in [7, 11) is 3.83. The summed E-state index contributed by atoms with van der Waals surface area (Å²) in [5.74, 6) is 1.33. The third-order valence-corrected chi connectivity index (χ3v) is 4.62. The number of piperidine rings is 1. The second kappa shape index (κ2) is 8.36. The molecular formula is C19H24ClN5O. The number of benzene rings is 1. The molecule has 1 fully saturated rings. The summed E-state index contributed by atoms with van der Waals surface area (Å²) in [6, 6.07) is 7.27. The van der Waals surface area contributed by atoms with Crippen molar-refractivity contribution in [3.05, 3.63) is 41.0 Å². The van der Waals surface area contributed by atoms with Gasteiger partial charge in [0, 0.05) is 32.2 Å². The van der Waals surface area contributed by atoms with E-state index < -0.39 is 0 Å². The largest absolute Gasteiger partial charge is 0.361 e. The summed E-state index contributed by atoms with van der Waals surface area (Å²) in [6.07, 6.45) is 5.57. The lowest BCUT2D eigenvalue weighted by Gasteiger charge is -2.28. The first-order valence-corrected chi connectivity index (χ1v) is 9.24. The van der Waals surface area contributed by atoms with Gasteiger partial charge in [-0.05, 0) is 37.0 Å². The van der Waals surface area contributed by atoms with Gasteiger partial charge in [-0.25, -0.2) is 4.98 Å². The standard InChI is InChI=1S/C19H24ClN5O/c1-24(2)18-16(13-21-19(23-18)25-10-4-3-5-11-25)22-17(26)12-14-6-8-15(20)9-7-14/h6-9,13H,3-5,10-12H2,1-2H3,(H,22,26). The van der Waals surface area contributed by atoms with Crippen LogP contribution in [0.1, 0.15) is 24.8 Å². The first-order chi connectivity index (χ1) is 12.5. The van der Waals surface area contributed by atoms with Gasteiger partial charge >= 0.3 is 0 Å². The van der Waals surface area contributed by atoms with Crippen LogP contribution in [0.25, 0.3) is 0 Å². The van der Waals surface area contributed by atoms with Crippen LogP contribution in [0.2, 0.25) is 5.02 Å². The first kappa shape index (κ1) is 18.5. The van der Waals surface area contributed by atoms with E-state index >= 15 is 0 Å². The van der Waals surface area contributed by atoms with E-state index in [1.165, 1.54) is 19.3 Å². The number of carbonyl (C=O) groups is 1. The molecule has 0 aliphatic carbocycles. The van der Waals surface area contributed by atoms with Crippen LogP contribution in [0.15, 0.2) is 30.5 Å². The molecular weight excluding hydrogens is 350 g/mol. The number of nitrogens with one attached hydrogen (secondary N) is 1. The summed E-state index contributed by atoms with van der Waals surface area (Å²) in [5.41, 5.74) is 1.53. The van der Waals surface area contributed by atoms with Crippen LogP contribution >= 0.6 is 11.6 Å². The van der Waals surface area contributed by atoms with E-state index in [-0.39, 0.29) is 12.3 Å². The summed E-state index contributed by atoms with van der Waals surface area (Å²) in [4.78, 5) is 25.6. The Morgan fingerprint density at radius 2 is 1.88 bits per heavy atom. The van der Waals surface area contributed by atoms with E-state index in [4.69, 9.17) is 11.6 Å². The lowest BCUT2D eigenvalue weighted by atomic mass is 10.1. The van der Waals surface area contributed by atoms with E-state index in [1.807, 2.05) is 31.1 Å². The molecule has 1 aromatic heterocycles. The average Bonchev–Trinajstić information content (AvgIpc) is 2.64. The van der Waals surface area contributed by atoms with Gasteiger partial charge in [0.2, 0.25) is 11.9 Å². The molecule has 1 aliphatic heterocycles. The van der Waals surface area contributed by atoms with Gasteiger partial charge in [0.05, 0.1) is 12.6 Å². The Morgan fingerprint density at radius 3 is 2.54 bits per heavy atom. The van der Waals surface area contributed by atoms with Crippen molar-refractivity contribution < 1.29 is 4.79 Å². The molecule has 6 nitrogen and oxygen atoms in total. The molecule has 1 saturated heterocycles. The molecule has 0 bridgehead atoms. The van der Waals surface area contributed by atoms with Crippen LogP contribution in [0.3, 0.4) is 0 Å². The molecule has 138 valence electrons. The van der Waals surface area contributed by atoms with Crippen molar-refractivity contribution in [3.8, 4) is 0 Å².